The number of carbonyl (C=O) groups is 2. The van der Waals surface area contributed by atoms with Gasteiger partial charge in [-0.3, -0.25) is 4.79 Å². The lowest BCUT2D eigenvalue weighted by molar-refractivity contribution is -0.192. The number of fused-ring (bicyclic) bond motifs is 3. The summed E-state index contributed by atoms with van der Waals surface area (Å²) in [6.07, 6.45) is 1.98. The Bertz CT molecular complexity index is 1260. The topological polar surface area (TPSA) is 99.4 Å². The van der Waals surface area contributed by atoms with E-state index in [0.29, 0.717) is 6.42 Å². The number of carboxylic acids is 1. The highest BCUT2D eigenvalue weighted by molar-refractivity contribution is 5.86. The summed E-state index contributed by atoms with van der Waals surface area (Å²) in [7, 11) is 0. The Balaban J connectivity index is 0.000000384. The molecule has 0 bridgehead atoms. The molecule has 1 aliphatic carbocycles. The predicted octanol–water partition coefficient (Wildman–Crippen LogP) is 4.49. The van der Waals surface area contributed by atoms with E-state index >= 15 is 0 Å². The van der Waals surface area contributed by atoms with Gasteiger partial charge >= 0.3 is 12.1 Å². The number of hydrogen-bond donors (Lipinski definition) is 3. The third-order valence-corrected chi connectivity index (χ3v) is 7.42. The third-order valence-electron chi connectivity index (χ3n) is 7.42. The molecule has 1 fully saturated rings. The van der Waals surface area contributed by atoms with E-state index in [-0.39, 0.29) is 11.3 Å². The molecule has 9 heteroatoms. The van der Waals surface area contributed by atoms with Crippen LogP contribution in [0.5, 0.6) is 0 Å². The molecule has 3 aromatic rings. The van der Waals surface area contributed by atoms with Crippen molar-refractivity contribution in [1.29, 1.82) is 0 Å². The fourth-order valence-corrected chi connectivity index (χ4v) is 5.46. The van der Waals surface area contributed by atoms with Gasteiger partial charge in [-0.2, -0.15) is 13.2 Å². The van der Waals surface area contributed by atoms with Crippen LogP contribution in [-0.4, -0.2) is 52.2 Å². The Kier molecular flexibility index (Phi) is 7.13. The summed E-state index contributed by atoms with van der Waals surface area (Å²) in [4.78, 5) is 27.3. The van der Waals surface area contributed by atoms with Crippen molar-refractivity contribution in [3.63, 3.8) is 0 Å². The number of halogens is 3. The van der Waals surface area contributed by atoms with Crippen molar-refractivity contribution >= 4 is 22.8 Å². The quantitative estimate of drug-likeness (QED) is 0.493. The van der Waals surface area contributed by atoms with Crippen LogP contribution < -0.4 is 5.73 Å². The number of H-pyrrole nitrogens is 1. The Labute approximate surface area is 207 Å². The third kappa shape index (κ3) is 5.26. The summed E-state index contributed by atoms with van der Waals surface area (Å²) in [6.45, 7) is 3.72. The summed E-state index contributed by atoms with van der Waals surface area (Å²) < 4.78 is 31.7. The average Bonchev–Trinajstić information content (AvgIpc) is 3.40. The van der Waals surface area contributed by atoms with Crippen molar-refractivity contribution in [3.8, 4) is 0 Å². The van der Waals surface area contributed by atoms with Crippen LogP contribution in [0.2, 0.25) is 0 Å². The van der Waals surface area contributed by atoms with E-state index in [0.717, 1.165) is 37.0 Å². The number of carbonyl (C=O) groups excluding carboxylic acids is 1. The standard InChI is InChI=1S/C25H29N3O.C2HF3O2/c1-17-6-7-23-20(14-17)19(16-27-23)15-22(26)24(29)28-12-10-25(11-13-28)9-8-18-4-2-3-5-21(18)25;3-2(4,5)1(6)7/h2-7,14,16,22,27H,8-13,15,26H2,1H3;(H,6,7). The van der Waals surface area contributed by atoms with Crippen LogP contribution in [0.3, 0.4) is 0 Å². The number of aromatic amines is 1. The van der Waals surface area contributed by atoms with Crippen LogP contribution in [0.4, 0.5) is 13.2 Å². The number of carboxylic acid groups (broad SMARTS) is 1. The SMILES string of the molecule is Cc1ccc2[nH]cc(CC(N)C(=O)N3CCC4(CCc5ccccc54)CC3)c2c1.O=C(O)C(F)(F)F. The minimum atomic E-state index is -5.08. The van der Waals surface area contributed by atoms with E-state index in [2.05, 4.69) is 54.4 Å². The number of piperidine rings is 1. The second kappa shape index (κ2) is 9.97. The molecule has 1 aromatic heterocycles. The van der Waals surface area contributed by atoms with E-state index in [1.54, 1.807) is 0 Å². The highest BCUT2D eigenvalue weighted by atomic mass is 19.4. The molecule has 2 aliphatic rings. The fraction of sp³-hybridized carbons (Fsp3) is 0.407. The average molecular weight is 502 g/mol. The number of aliphatic carboxylic acids is 1. The first-order valence-corrected chi connectivity index (χ1v) is 12.0. The molecule has 1 spiro atoms. The van der Waals surface area contributed by atoms with Crippen molar-refractivity contribution in [2.24, 2.45) is 5.73 Å². The number of amides is 1. The van der Waals surface area contributed by atoms with Crippen LogP contribution in [0, 0.1) is 6.92 Å². The van der Waals surface area contributed by atoms with Crippen molar-refractivity contribution < 1.29 is 27.9 Å². The van der Waals surface area contributed by atoms with E-state index < -0.39 is 18.2 Å². The highest BCUT2D eigenvalue weighted by Gasteiger charge is 2.42. The molecule has 36 heavy (non-hydrogen) atoms. The van der Waals surface area contributed by atoms with Gasteiger partial charge in [0, 0.05) is 30.2 Å². The molecule has 2 heterocycles. The number of benzene rings is 2. The zero-order valence-electron chi connectivity index (χ0n) is 20.1. The van der Waals surface area contributed by atoms with E-state index in [1.807, 2.05) is 11.1 Å². The summed E-state index contributed by atoms with van der Waals surface area (Å²) in [5.41, 5.74) is 13.1. The van der Waals surface area contributed by atoms with Gasteiger partial charge in [0.25, 0.3) is 0 Å². The first-order valence-electron chi connectivity index (χ1n) is 12.0. The van der Waals surface area contributed by atoms with Gasteiger partial charge in [-0.05, 0) is 73.3 Å². The zero-order valence-corrected chi connectivity index (χ0v) is 20.1. The minimum Gasteiger partial charge on any atom is -0.475 e. The van der Waals surface area contributed by atoms with Gasteiger partial charge in [-0.25, -0.2) is 4.79 Å². The maximum absolute atomic E-state index is 13.1. The summed E-state index contributed by atoms with van der Waals surface area (Å²) in [5, 5.41) is 8.30. The van der Waals surface area contributed by atoms with Crippen LogP contribution in [0.25, 0.3) is 10.9 Å². The van der Waals surface area contributed by atoms with Gasteiger partial charge in [0.2, 0.25) is 5.91 Å². The molecular formula is C27H30F3N3O3. The normalized spacial score (nSPS) is 17.4. The molecule has 1 aliphatic heterocycles. The molecule has 0 saturated carbocycles. The lowest BCUT2D eigenvalue weighted by Crippen LogP contribution is -2.50. The van der Waals surface area contributed by atoms with Gasteiger partial charge in [0.1, 0.15) is 0 Å². The molecule has 4 N–H and O–H groups in total. The first-order chi connectivity index (χ1) is 17.0. The van der Waals surface area contributed by atoms with E-state index in [9.17, 15) is 18.0 Å². The predicted molar refractivity (Wildman–Crippen MR) is 131 cm³/mol. The number of nitrogens with zero attached hydrogens (tertiary/aromatic N) is 1. The number of nitrogens with one attached hydrogen (secondary N) is 1. The maximum atomic E-state index is 13.1. The summed E-state index contributed by atoms with van der Waals surface area (Å²) in [5.74, 6) is -2.67. The zero-order chi connectivity index (χ0) is 26.1. The van der Waals surface area contributed by atoms with Crippen molar-refractivity contribution in [2.45, 2.75) is 56.7 Å². The molecular weight excluding hydrogens is 471 g/mol. The van der Waals surface area contributed by atoms with Crippen LogP contribution in [0.1, 0.15) is 41.5 Å². The summed E-state index contributed by atoms with van der Waals surface area (Å²) >= 11 is 0. The van der Waals surface area contributed by atoms with Crippen LogP contribution >= 0.6 is 0 Å². The number of aryl methyl sites for hydroxylation is 2. The van der Waals surface area contributed by atoms with Crippen LogP contribution in [-0.2, 0) is 27.8 Å². The molecule has 1 amide bonds. The number of nitrogens with two attached hydrogens (primary N) is 1. The maximum Gasteiger partial charge on any atom is 0.490 e. The lowest BCUT2D eigenvalue weighted by Gasteiger charge is -2.41. The second-order valence-electron chi connectivity index (χ2n) is 9.74. The second-order valence-corrected chi connectivity index (χ2v) is 9.74. The molecule has 2 aromatic carbocycles. The first kappa shape index (κ1) is 25.8. The molecule has 1 saturated heterocycles. The van der Waals surface area contributed by atoms with Gasteiger partial charge in [-0.15, -0.1) is 0 Å². The number of hydrogen-bond acceptors (Lipinski definition) is 3. The molecule has 5 rings (SSSR count). The van der Waals surface area contributed by atoms with Gasteiger partial charge < -0.3 is 20.7 Å². The monoisotopic (exact) mass is 501 g/mol. The van der Waals surface area contributed by atoms with Gasteiger partial charge in [-0.1, -0.05) is 35.9 Å². The van der Waals surface area contributed by atoms with E-state index in [1.165, 1.54) is 34.9 Å². The van der Waals surface area contributed by atoms with Crippen molar-refractivity contribution in [3.05, 3.63) is 70.9 Å². The van der Waals surface area contributed by atoms with Crippen LogP contribution in [0.15, 0.2) is 48.7 Å². The Morgan fingerprint density at radius 1 is 1.14 bits per heavy atom. The number of alkyl halides is 3. The molecule has 1 atom stereocenters. The fourth-order valence-electron chi connectivity index (χ4n) is 5.46. The molecule has 1 unspecified atom stereocenters. The summed E-state index contributed by atoms with van der Waals surface area (Å²) in [6, 6.07) is 14.7. The minimum absolute atomic E-state index is 0.0909. The number of aromatic nitrogens is 1. The van der Waals surface area contributed by atoms with Gasteiger partial charge in [0.15, 0.2) is 0 Å². The Morgan fingerprint density at radius 3 is 2.47 bits per heavy atom. The Hall–Kier alpha value is -3.33. The Morgan fingerprint density at radius 2 is 1.81 bits per heavy atom. The highest BCUT2D eigenvalue weighted by Crippen LogP contribution is 2.46. The van der Waals surface area contributed by atoms with Gasteiger partial charge in [0.05, 0.1) is 6.04 Å². The number of rotatable bonds is 3. The largest absolute Gasteiger partial charge is 0.490 e. The van der Waals surface area contributed by atoms with E-state index in [4.69, 9.17) is 15.6 Å². The van der Waals surface area contributed by atoms with Crippen molar-refractivity contribution in [1.82, 2.24) is 9.88 Å². The molecule has 192 valence electrons. The molecule has 0 radical (unpaired) electrons. The van der Waals surface area contributed by atoms with Crippen molar-refractivity contribution in [2.75, 3.05) is 13.1 Å². The smallest absolute Gasteiger partial charge is 0.475 e. The lowest BCUT2D eigenvalue weighted by atomic mass is 9.74. The molecule has 6 nitrogen and oxygen atoms in total. The number of likely N-dealkylation sites (tertiary alicyclic amines) is 1.